The van der Waals surface area contributed by atoms with Gasteiger partial charge < -0.3 is 4.90 Å². The van der Waals surface area contributed by atoms with E-state index in [1.165, 1.54) is 34.0 Å². The Balaban J connectivity index is 1.58. The monoisotopic (exact) mass is 472 g/mol. The third-order valence-corrected chi connectivity index (χ3v) is 9.78. The molecular weight excluding hydrogens is 436 g/mol. The third-order valence-electron chi connectivity index (χ3n) is 7.98. The van der Waals surface area contributed by atoms with Crippen LogP contribution in [-0.4, -0.2) is 72.2 Å². The zero-order valence-corrected chi connectivity index (χ0v) is 20.9. The number of carbonyl (C=O) groups excluding carboxylic acids is 1. The second-order valence-corrected chi connectivity index (χ2v) is 12.3. The van der Waals surface area contributed by atoms with Gasteiger partial charge in [0.15, 0.2) is 0 Å². The van der Waals surface area contributed by atoms with Crippen LogP contribution in [-0.2, 0) is 23.2 Å². The van der Waals surface area contributed by atoms with E-state index >= 15 is 0 Å². The number of hydrogen-bond acceptors (Lipinski definition) is 4. The molecule has 3 heterocycles. The number of aromatic nitrogens is 1. The van der Waals surface area contributed by atoms with Crippen molar-refractivity contribution in [3.05, 3.63) is 35.0 Å². The molecule has 1 aliphatic carbocycles. The van der Waals surface area contributed by atoms with Crippen LogP contribution < -0.4 is 0 Å². The van der Waals surface area contributed by atoms with Gasteiger partial charge in [0, 0.05) is 69.4 Å². The predicted molar refractivity (Wildman–Crippen MR) is 131 cm³/mol. The average molecular weight is 473 g/mol. The molecule has 1 amide bonds. The van der Waals surface area contributed by atoms with E-state index in [4.69, 9.17) is 0 Å². The van der Waals surface area contributed by atoms with Crippen LogP contribution in [0.2, 0.25) is 0 Å². The van der Waals surface area contributed by atoms with Crippen molar-refractivity contribution in [1.82, 2.24) is 18.1 Å². The van der Waals surface area contributed by atoms with Crippen molar-refractivity contribution < 1.29 is 13.2 Å². The van der Waals surface area contributed by atoms with Crippen molar-refractivity contribution in [2.24, 2.45) is 5.92 Å². The summed E-state index contributed by atoms with van der Waals surface area (Å²) >= 11 is 0. The lowest BCUT2D eigenvalue weighted by atomic mass is 9.98. The van der Waals surface area contributed by atoms with Gasteiger partial charge in [-0.05, 0) is 55.4 Å². The molecule has 0 N–H and O–H groups in total. The van der Waals surface area contributed by atoms with Crippen LogP contribution in [0.15, 0.2) is 18.2 Å². The Hall–Kier alpha value is -1.90. The molecule has 0 spiro atoms. The molecule has 7 nitrogen and oxygen atoms in total. The van der Waals surface area contributed by atoms with Crippen LogP contribution in [0.3, 0.4) is 0 Å². The van der Waals surface area contributed by atoms with Crippen molar-refractivity contribution in [3.8, 4) is 0 Å². The minimum atomic E-state index is -3.66. The van der Waals surface area contributed by atoms with Crippen molar-refractivity contribution >= 4 is 27.0 Å². The predicted octanol–water partition coefficient (Wildman–Crippen LogP) is 3.47. The second-order valence-electron chi connectivity index (χ2n) is 10.3. The van der Waals surface area contributed by atoms with Gasteiger partial charge in [-0.15, -0.1) is 0 Å². The lowest BCUT2D eigenvalue weighted by Crippen LogP contribution is -2.39. The topological polar surface area (TPSA) is 65.9 Å². The molecule has 33 heavy (non-hydrogen) atoms. The first-order valence-electron chi connectivity index (χ1n) is 12.4. The Labute approximate surface area is 197 Å². The summed E-state index contributed by atoms with van der Waals surface area (Å²) in [6.45, 7) is 5.47. The highest BCUT2D eigenvalue weighted by Gasteiger charge is 2.34. The summed E-state index contributed by atoms with van der Waals surface area (Å²) in [4.78, 5) is 17.8. The van der Waals surface area contributed by atoms with Crippen LogP contribution in [0.25, 0.3) is 10.9 Å². The summed E-state index contributed by atoms with van der Waals surface area (Å²) < 4.78 is 29.4. The first kappa shape index (κ1) is 22.9. The molecule has 5 rings (SSSR count). The molecule has 2 aromatic rings. The molecule has 0 atom stereocenters. The maximum atomic E-state index is 13.3. The van der Waals surface area contributed by atoms with Crippen molar-refractivity contribution in [2.75, 3.05) is 33.7 Å². The summed E-state index contributed by atoms with van der Waals surface area (Å²) in [5.41, 5.74) is 3.31. The van der Waals surface area contributed by atoms with Gasteiger partial charge in [0.25, 0.3) is 5.91 Å². The zero-order chi connectivity index (χ0) is 23.3. The van der Waals surface area contributed by atoms with Crippen LogP contribution in [0.4, 0.5) is 0 Å². The molecule has 180 valence electrons. The van der Waals surface area contributed by atoms with E-state index < -0.39 is 10.2 Å². The van der Waals surface area contributed by atoms with Gasteiger partial charge in [0.05, 0.1) is 5.52 Å². The van der Waals surface area contributed by atoms with Crippen molar-refractivity contribution in [3.63, 3.8) is 0 Å². The normalized spacial score (nSPS) is 21.3. The van der Waals surface area contributed by atoms with Gasteiger partial charge in [-0.2, -0.15) is 12.7 Å². The van der Waals surface area contributed by atoms with Gasteiger partial charge in [0.1, 0.15) is 0 Å². The highest BCUT2D eigenvalue weighted by Crippen LogP contribution is 2.36. The Morgan fingerprint density at radius 3 is 2.39 bits per heavy atom. The van der Waals surface area contributed by atoms with Gasteiger partial charge in [-0.1, -0.05) is 19.8 Å². The Bertz CT molecular complexity index is 1160. The molecule has 2 fully saturated rings. The molecule has 8 heteroatoms. The summed E-state index contributed by atoms with van der Waals surface area (Å²) in [6, 6.07) is 6.19. The van der Waals surface area contributed by atoms with E-state index in [9.17, 15) is 13.2 Å². The maximum Gasteiger partial charge on any atom is 0.307 e. The van der Waals surface area contributed by atoms with Gasteiger partial charge in [-0.25, -0.2) is 3.97 Å². The molecular formula is C25H36N4O3S. The van der Waals surface area contributed by atoms with Gasteiger partial charge in [0.2, 0.25) is 0 Å². The van der Waals surface area contributed by atoms with Gasteiger partial charge in [-0.3, -0.25) is 9.69 Å². The molecule has 3 aliphatic rings. The maximum absolute atomic E-state index is 13.3. The number of carbonyl (C=O) groups is 1. The van der Waals surface area contributed by atoms with E-state index in [0.29, 0.717) is 29.5 Å². The minimum Gasteiger partial charge on any atom is -0.339 e. The Kier molecular flexibility index (Phi) is 6.04. The molecule has 0 unspecified atom stereocenters. The number of piperidine rings is 1. The molecule has 1 saturated heterocycles. The quantitative estimate of drug-likeness (QED) is 0.684. The van der Waals surface area contributed by atoms with Crippen LogP contribution in [0.1, 0.15) is 67.1 Å². The van der Waals surface area contributed by atoms with Crippen molar-refractivity contribution in [2.45, 2.75) is 64.5 Å². The summed E-state index contributed by atoms with van der Waals surface area (Å²) in [5.74, 6) is 0.722. The first-order valence-corrected chi connectivity index (χ1v) is 13.8. The molecule has 0 radical (unpaired) electrons. The SMILES string of the molecule is CC1CCN(C(=O)c2ccc3c(c2)c2c(n3S(=O)(=O)N(C)C)CCN(C3CCCC3)C2)CC1. The van der Waals surface area contributed by atoms with Crippen molar-refractivity contribution in [1.29, 1.82) is 0 Å². The highest BCUT2D eigenvalue weighted by molar-refractivity contribution is 7.87. The molecule has 1 saturated carbocycles. The largest absolute Gasteiger partial charge is 0.339 e. The van der Waals surface area contributed by atoms with E-state index in [-0.39, 0.29) is 5.91 Å². The van der Waals surface area contributed by atoms with Gasteiger partial charge >= 0.3 is 10.2 Å². The van der Waals surface area contributed by atoms with E-state index in [0.717, 1.165) is 55.7 Å². The number of hydrogen-bond donors (Lipinski definition) is 0. The third kappa shape index (κ3) is 4.00. The van der Waals surface area contributed by atoms with Crippen LogP contribution >= 0.6 is 0 Å². The summed E-state index contributed by atoms with van der Waals surface area (Å²) in [5, 5.41) is 0.911. The molecule has 0 bridgehead atoms. The molecule has 1 aromatic heterocycles. The Morgan fingerprint density at radius 1 is 1.03 bits per heavy atom. The van der Waals surface area contributed by atoms with E-state index in [2.05, 4.69) is 11.8 Å². The number of likely N-dealkylation sites (tertiary alicyclic amines) is 1. The van der Waals surface area contributed by atoms with Crippen LogP contribution in [0.5, 0.6) is 0 Å². The molecule has 2 aliphatic heterocycles. The number of amides is 1. The standard InChI is InChI=1S/C25H36N4O3S/c1-18-10-13-27(14-11-18)25(30)19-8-9-23-21(16-19)22-17-28(20-6-4-5-7-20)15-12-24(22)29(23)33(31,32)26(2)3/h8-9,16,18,20H,4-7,10-15,17H2,1-3H3. The lowest BCUT2D eigenvalue weighted by Gasteiger charge is -2.33. The highest BCUT2D eigenvalue weighted by atomic mass is 32.2. The fourth-order valence-corrected chi connectivity index (χ4v) is 7.09. The number of nitrogens with zero attached hydrogens (tertiary/aromatic N) is 4. The minimum absolute atomic E-state index is 0.0595. The molecule has 1 aromatic carbocycles. The summed E-state index contributed by atoms with van der Waals surface area (Å²) in [7, 11) is -0.502. The van der Waals surface area contributed by atoms with Crippen LogP contribution in [0, 0.1) is 5.92 Å². The number of benzene rings is 1. The number of rotatable bonds is 4. The summed E-state index contributed by atoms with van der Waals surface area (Å²) in [6.07, 6.45) is 7.78. The smallest absolute Gasteiger partial charge is 0.307 e. The fourth-order valence-electron chi connectivity index (χ4n) is 5.87. The average Bonchev–Trinajstić information content (AvgIpc) is 3.45. The fraction of sp³-hybridized carbons (Fsp3) is 0.640. The zero-order valence-electron chi connectivity index (χ0n) is 20.1. The van der Waals surface area contributed by atoms with E-state index in [1.807, 2.05) is 23.1 Å². The Morgan fingerprint density at radius 2 is 1.73 bits per heavy atom. The van der Waals surface area contributed by atoms with E-state index in [1.54, 1.807) is 14.1 Å². The lowest BCUT2D eigenvalue weighted by molar-refractivity contribution is 0.0697. The number of fused-ring (bicyclic) bond motifs is 3. The second kappa shape index (κ2) is 8.71. The first-order chi connectivity index (χ1) is 15.8.